The Morgan fingerprint density at radius 1 is 0.484 bits per heavy atom. The minimum Gasteiger partial charge on any atom is -0.544 e. The average molecular weight is 870 g/mol. The number of hydrogen-bond acceptors (Lipinski definition) is 7. The van der Waals surface area contributed by atoms with E-state index in [9.17, 15) is 19.5 Å². The first-order chi connectivity index (χ1) is 30.1. The van der Waals surface area contributed by atoms with Crippen LogP contribution in [0.4, 0.5) is 0 Å². The van der Waals surface area contributed by atoms with Gasteiger partial charge in [-0.15, -0.1) is 0 Å². The van der Waals surface area contributed by atoms with Gasteiger partial charge in [-0.25, -0.2) is 0 Å². The number of aliphatic carboxylic acids is 1. The van der Waals surface area contributed by atoms with Crippen LogP contribution >= 0.6 is 0 Å². The molecule has 0 bridgehead atoms. The third kappa shape index (κ3) is 42.3. The molecule has 358 valence electrons. The van der Waals surface area contributed by atoms with Crippen molar-refractivity contribution >= 4 is 17.9 Å². The monoisotopic (exact) mass is 870 g/mol. The summed E-state index contributed by atoms with van der Waals surface area (Å²) in [7, 11) is 5.39. The Morgan fingerprint density at radius 3 is 1.35 bits per heavy atom. The molecule has 0 amide bonds. The second-order valence-corrected chi connectivity index (χ2v) is 18.0. The Labute approximate surface area is 381 Å². The molecule has 2 unspecified atom stereocenters. The number of likely N-dealkylation sites (N-methyl/N-ethyl adjacent to an activating group) is 1. The summed E-state index contributed by atoms with van der Waals surface area (Å²) in [6.07, 6.45) is 55.5. The molecule has 0 aliphatic carbocycles. The smallest absolute Gasteiger partial charge is 0.306 e. The van der Waals surface area contributed by atoms with E-state index in [1.807, 2.05) is 0 Å². The maximum atomic E-state index is 12.7. The number of ether oxygens (including phenoxy) is 3. The van der Waals surface area contributed by atoms with Crippen LogP contribution in [0.2, 0.25) is 0 Å². The maximum Gasteiger partial charge on any atom is 0.306 e. The standard InChI is InChI=1S/C54H95NO7/c1-6-8-10-12-14-16-18-20-22-24-25-26-27-29-30-32-34-36-38-40-42-44-52(56)61-49-50(48-60-47-46-51(54(58)59)55(3,4)5)62-53(57)45-43-41-39-37-35-33-31-28-23-21-19-17-15-13-11-9-7-2/h15,17,21,23,26-27,31,33,37,39,50-51H,6-14,16,18-20,22,24-25,28-30,32,34-36,38,40-49H2,1-5H3/b17-15+,23-21+,27-26+,33-31+,39-37+. The van der Waals surface area contributed by atoms with Crippen LogP contribution < -0.4 is 5.11 Å². The highest BCUT2D eigenvalue weighted by atomic mass is 16.6. The Bertz CT molecular complexity index is 1200. The summed E-state index contributed by atoms with van der Waals surface area (Å²) < 4.78 is 17.2. The number of carbonyl (C=O) groups excluding carboxylic acids is 3. The van der Waals surface area contributed by atoms with Gasteiger partial charge in [0.15, 0.2) is 6.10 Å². The SMILES string of the molecule is CCCCC/C=C/C/C=C/C/C=C/C/C=C/CCCC(=O)OC(COCCC(C(=O)[O-])[N+](C)(C)C)COC(=O)CCCCCCCCC/C=C/CCCCCCCCCCCC. The summed E-state index contributed by atoms with van der Waals surface area (Å²) in [4.78, 5) is 37.0. The molecule has 0 spiro atoms. The van der Waals surface area contributed by atoms with Crippen LogP contribution in [0.3, 0.4) is 0 Å². The van der Waals surface area contributed by atoms with Gasteiger partial charge >= 0.3 is 11.9 Å². The van der Waals surface area contributed by atoms with Gasteiger partial charge in [0.2, 0.25) is 0 Å². The lowest BCUT2D eigenvalue weighted by molar-refractivity contribution is -0.889. The lowest BCUT2D eigenvalue weighted by Crippen LogP contribution is -2.55. The van der Waals surface area contributed by atoms with Gasteiger partial charge in [0, 0.05) is 19.3 Å². The van der Waals surface area contributed by atoms with Gasteiger partial charge < -0.3 is 28.6 Å². The van der Waals surface area contributed by atoms with E-state index in [-0.39, 0.29) is 49.1 Å². The van der Waals surface area contributed by atoms with Crippen LogP contribution in [0.5, 0.6) is 0 Å². The van der Waals surface area contributed by atoms with Crippen molar-refractivity contribution in [2.24, 2.45) is 0 Å². The summed E-state index contributed by atoms with van der Waals surface area (Å²) in [5, 5.41) is 11.7. The van der Waals surface area contributed by atoms with Crippen LogP contribution in [-0.2, 0) is 28.6 Å². The Balaban J connectivity index is 4.33. The molecule has 0 heterocycles. The van der Waals surface area contributed by atoms with Gasteiger partial charge in [-0.2, -0.15) is 0 Å². The molecule has 0 aromatic carbocycles. The number of carboxylic acid groups (broad SMARTS) is 1. The fraction of sp³-hybridized carbons (Fsp3) is 0.759. The minimum atomic E-state index is -1.13. The van der Waals surface area contributed by atoms with Gasteiger partial charge in [-0.1, -0.05) is 177 Å². The molecule has 0 aliphatic heterocycles. The third-order valence-electron chi connectivity index (χ3n) is 11.1. The predicted octanol–water partition coefficient (Wildman–Crippen LogP) is 13.2. The molecule has 0 aliphatic rings. The van der Waals surface area contributed by atoms with E-state index >= 15 is 0 Å². The van der Waals surface area contributed by atoms with Crippen LogP contribution in [0, 0.1) is 0 Å². The average Bonchev–Trinajstić information content (AvgIpc) is 3.23. The van der Waals surface area contributed by atoms with E-state index in [2.05, 4.69) is 74.6 Å². The zero-order chi connectivity index (χ0) is 45.6. The molecule has 0 aromatic rings. The number of unbranched alkanes of at least 4 members (excludes halogenated alkanes) is 21. The molecule has 0 N–H and O–H groups in total. The van der Waals surface area contributed by atoms with Crippen molar-refractivity contribution in [1.82, 2.24) is 0 Å². The fourth-order valence-corrected chi connectivity index (χ4v) is 7.18. The van der Waals surface area contributed by atoms with E-state index < -0.39 is 18.1 Å². The number of carbonyl (C=O) groups is 3. The number of nitrogens with zero attached hydrogens (tertiary/aromatic N) is 1. The molecule has 8 nitrogen and oxygen atoms in total. The molecule has 0 saturated heterocycles. The lowest BCUT2D eigenvalue weighted by atomic mass is 10.1. The van der Waals surface area contributed by atoms with Crippen LogP contribution in [0.25, 0.3) is 0 Å². The second kappa shape index (κ2) is 44.6. The number of rotatable bonds is 45. The minimum absolute atomic E-state index is 0.0161. The molecule has 0 saturated carbocycles. The van der Waals surface area contributed by atoms with Crippen molar-refractivity contribution in [3.63, 3.8) is 0 Å². The van der Waals surface area contributed by atoms with E-state index in [1.54, 1.807) is 21.1 Å². The van der Waals surface area contributed by atoms with E-state index in [4.69, 9.17) is 14.2 Å². The predicted molar refractivity (Wildman–Crippen MR) is 259 cm³/mol. The van der Waals surface area contributed by atoms with Crippen LogP contribution in [0.1, 0.15) is 213 Å². The molecular formula is C54H95NO7. The van der Waals surface area contributed by atoms with Crippen molar-refractivity contribution in [1.29, 1.82) is 0 Å². The van der Waals surface area contributed by atoms with Crippen molar-refractivity contribution in [2.75, 3.05) is 41.0 Å². The quantitative estimate of drug-likeness (QED) is 0.0260. The summed E-state index contributed by atoms with van der Waals surface area (Å²) in [5.74, 6) is -1.81. The topological polar surface area (TPSA) is 102 Å². The maximum absolute atomic E-state index is 12.7. The third-order valence-corrected chi connectivity index (χ3v) is 11.1. The Morgan fingerprint density at radius 2 is 0.871 bits per heavy atom. The summed E-state index contributed by atoms with van der Waals surface area (Å²) >= 11 is 0. The number of quaternary nitrogens is 1. The summed E-state index contributed by atoms with van der Waals surface area (Å²) in [6, 6.07) is -0.738. The van der Waals surface area contributed by atoms with Gasteiger partial charge in [-0.05, 0) is 77.0 Å². The zero-order valence-corrected chi connectivity index (χ0v) is 40.8. The first-order valence-electron chi connectivity index (χ1n) is 25.3. The van der Waals surface area contributed by atoms with Crippen LogP contribution in [0.15, 0.2) is 60.8 Å². The first-order valence-corrected chi connectivity index (χ1v) is 25.3. The molecule has 2 atom stereocenters. The lowest BCUT2D eigenvalue weighted by Gasteiger charge is -2.34. The highest BCUT2D eigenvalue weighted by Crippen LogP contribution is 2.14. The summed E-state index contributed by atoms with van der Waals surface area (Å²) in [6.45, 7) is 4.58. The highest BCUT2D eigenvalue weighted by molar-refractivity contribution is 5.70. The number of esters is 2. The van der Waals surface area contributed by atoms with Gasteiger partial charge in [0.25, 0.3) is 0 Å². The zero-order valence-electron chi connectivity index (χ0n) is 40.8. The number of allylic oxidation sites excluding steroid dienone is 10. The van der Waals surface area contributed by atoms with E-state index in [1.165, 1.54) is 128 Å². The van der Waals surface area contributed by atoms with Crippen molar-refractivity contribution < 1.29 is 38.2 Å². The molecule has 8 heteroatoms. The number of carboxylic acids is 1. The normalized spacial score (nSPS) is 13.4. The van der Waals surface area contributed by atoms with Crippen molar-refractivity contribution in [2.45, 2.75) is 225 Å². The Kier molecular flexibility index (Phi) is 42.5. The molecule has 0 aromatic heterocycles. The van der Waals surface area contributed by atoms with Crippen molar-refractivity contribution in [3.05, 3.63) is 60.8 Å². The van der Waals surface area contributed by atoms with Gasteiger partial charge in [0.1, 0.15) is 12.6 Å². The number of hydrogen-bond donors (Lipinski definition) is 0. The fourth-order valence-electron chi connectivity index (χ4n) is 7.18. The van der Waals surface area contributed by atoms with Gasteiger partial charge in [0.05, 0.1) is 40.3 Å². The summed E-state index contributed by atoms with van der Waals surface area (Å²) in [5.41, 5.74) is 0. The molecule has 0 fully saturated rings. The Hall–Kier alpha value is -2.97. The van der Waals surface area contributed by atoms with Gasteiger partial charge in [-0.3, -0.25) is 9.59 Å². The molecular weight excluding hydrogens is 775 g/mol. The van der Waals surface area contributed by atoms with E-state index in [0.717, 1.165) is 44.9 Å². The highest BCUT2D eigenvalue weighted by Gasteiger charge is 2.25. The largest absolute Gasteiger partial charge is 0.544 e. The second-order valence-electron chi connectivity index (χ2n) is 18.0. The molecule has 0 rings (SSSR count). The van der Waals surface area contributed by atoms with Crippen LogP contribution in [-0.4, -0.2) is 75.5 Å². The first kappa shape index (κ1) is 59.0. The molecule has 62 heavy (non-hydrogen) atoms. The molecule has 0 radical (unpaired) electrons. The van der Waals surface area contributed by atoms with Crippen molar-refractivity contribution in [3.8, 4) is 0 Å². The van der Waals surface area contributed by atoms with E-state index in [0.29, 0.717) is 12.8 Å².